The Morgan fingerprint density at radius 2 is 2.21 bits per heavy atom. The summed E-state index contributed by atoms with van der Waals surface area (Å²) in [5, 5.41) is 7.68. The number of aromatic nitrogens is 2. The predicted octanol–water partition coefficient (Wildman–Crippen LogP) is 1.27. The average molecular weight is 193 g/mol. The Kier molecular flexibility index (Phi) is 2.87. The lowest BCUT2D eigenvalue weighted by molar-refractivity contribution is 0.372. The first kappa shape index (κ1) is 9.71. The zero-order chi connectivity index (χ0) is 9.97. The van der Waals surface area contributed by atoms with Gasteiger partial charge in [0.2, 0.25) is 0 Å². The summed E-state index contributed by atoms with van der Waals surface area (Å²) >= 11 is 0. The van der Waals surface area contributed by atoms with Crippen LogP contribution in [0, 0.1) is 12.8 Å². The second kappa shape index (κ2) is 4.13. The highest BCUT2D eigenvalue weighted by Gasteiger charge is 2.15. The molecular formula is C11H19N3. The molecule has 1 aliphatic rings. The lowest BCUT2D eigenvalue weighted by atomic mass is 9.91. The Morgan fingerprint density at radius 3 is 2.79 bits per heavy atom. The van der Waals surface area contributed by atoms with Crippen molar-refractivity contribution < 1.29 is 0 Å². The van der Waals surface area contributed by atoms with Crippen LogP contribution in [0.5, 0.6) is 0 Å². The van der Waals surface area contributed by atoms with Crippen LogP contribution in [-0.4, -0.2) is 22.9 Å². The lowest BCUT2D eigenvalue weighted by Gasteiger charge is -2.22. The van der Waals surface area contributed by atoms with Crippen LogP contribution in [-0.2, 0) is 13.5 Å². The van der Waals surface area contributed by atoms with E-state index in [1.54, 1.807) is 0 Å². The van der Waals surface area contributed by atoms with E-state index in [-0.39, 0.29) is 0 Å². The van der Waals surface area contributed by atoms with E-state index in [2.05, 4.69) is 17.3 Å². The summed E-state index contributed by atoms with van der Waals surface area (Å²) in [4.78, 5) is 0. The largest absolute Gasteiger partial charge is 0.317 e. The van der Waals surface area contributed by atoms with Gasteiger partial charge in [0.15, 0.2) is 0 Å². The molecule has 1 aliphatic heterocycles. The zero-order valence-electron chi connectivity index (χ0n) is 9.08. The summed E-state index contributed by atoms with van der Waals surface area (Å²) < 4.78 is 1.97. The van der Waals surface area contributed by atoms with E-state index in [1.807, 2.05) is 17.9 Å². The van der Waals surface area contributed by atoms with E-state index in [9.17, 15) is 0 Å². The van der Waals surface area contributed by atoms with E-state index in [1.165, 1.54) is 43.6 Å². The van der Waals surface area contributed by atoms with Gasteiger partial charge < -0.3 is 5.32 Å². The first-order valence-corrected chi connectivity index (χ1v) is 5.45. The fourth-order valence-corrected chi connectivity index (χ4v) is 2.14. The quantitative estimate of drug-likeness (QED) is 0.766. The van der Waals surface area contributed by atoms with Crippen molar-refractivity contribution in [3.63, 3.8) is 0 Å². The highest BCUT2D eigenvalue weighted by atomic mass is 15.3. The molecule has 2 heterocycles. The topological polar surface area (TPSA) is 29.9 Å². The molecule has 0 atom stereocenters. The third-order valence-corrected chi connectivity index (χ3v) is 3.30. The lowest BCUT2D eigenvalue weighted by Crippen LogP contribution is -2.28. The molecule has 0 saturated carbocycles. The summed E-state index contributed by atoms with van der Waals surface area (Å²) in [6.07, 6.45) is 5.86. The molecule has 0 unspecified atom stereocenters. The minimum absolute atomic E-state index is 0.860. The predicted molar refractivity (Wildman–Crippen MR) is 57.2 cm³/mol. The Balaban J connectivity index is 1.99. The molecule has 1 saturated heterocycles. The molecule has 1 N–H and O–H groups in total. The Morgan fingerprint density at radius 1 is 1.50 bits per heavy atom. The van der Waals surface area contributed by atoms with E-state index in [0.717, 1.165) is 5.92 Å². The van der Waals surface area contributed by atoms with Crippen LogP contribution in [0.25, 0.3) is 0 Å². The molecule has 0 spiro atoms. The van der Waals surface area contributed by atoms with Gasteiger partial charge in [0.25, 0.3) is 0 Å². The smallest absolute Gasteiger partial charge is 0.0524 e. The van der Waals surface area contributed by atoms with Crippen LogP contribution in [0.1, 0.15) is 24.1 Å². The number of rotatable bonds is 2. The van der Waals surface area contributed by atoms with Crippen molar-refractivity contribution in [3.05, 3.63) is 17.5 Å². The van der Waals surface area contributed by atoms with Crippen LogP contribution >= 0.6 is 0 Å². The molecule has 0 amide bonds. The summed E-state index contributed by atoms with van der Waals surface area (Å²) in [5.41, 5.74) is 2.75. The van der Waals surface area contributed by atoms with E-state index in [4.69, 9.17) is 0 Å². The maximum Gasteiger partial charge on any atom is 0.0524 e. The van der Waals surface area contributed by atoms with Crippen LogP contribution in [0.4, 0.5) is 0 Å². The zero-order valence-corrected chi connectivity index (χ0v) is 9.08. The molecule has 1 aromatic rings. The number of hydrogen-bond acceptors (Lipinski definition) is 2. The molecule has 14 heavy (non-hydrogen) atoms. The molecule has 1 aromatic heterocycles. The second-order valence-electron chi connectivity index (χ2n) is 4.28. The van der Waals surface area contributed by atoms with Gasteiger partial charge in [0.1, 0.15) is 0 Å². The molecule has 2 rings (SSSR count). The fourth-order valence-electron chi connectivity index (χ4n) is 2.14. The van der Waals surface area contributed by atoms with Crippen molar-refractivity contribution in [2.24, 2.45) is 13.0 Å². The van der Waals surface area contributed by atoms with Gasteiger partial charge in [0, 0.05) is 12.7 Å². The average Bonchev–Trinajstić information content (AvgIpc) is 2.52. The minimum Gasteiger partial charge on any atom is -0.317 e. The van der Waals surface area contributed by atoms with Gasteiger partial charge in [-0.3, -0.25) is 4.68 Å². The number of aryl methyl sites for hydroxylation is 1. The van der Waals surface area contributed by atoms with Gasteiger partial charge in [0.05, 0.1) is 6.20 Å². The van der Waals surface area contributed by atoms with Crippen molar-refractivity contribution in [3.8, 4) is 0 Å². The highest BCUT2D eigenvalue weighted by Crippen LogP contribution is 2.19. The minimum atomic E-state index is 0.860. The molecule has 3 nitrogen and oxygen atoms in total. The van der Waals surface area contributed by atoms with Crippen molar-refractivity contribution in [1.29, 1.82) is 0 Å². The Labute approximate surface area is 85.5 Å². The molecule has 0 aliphatic carbocycles. The van der Waals surface area contributed by atoms with Crippen LogP contribution in [0.3, 0.4) is 0 Å². The van der Waals surface area contributed by atoms with E-state index >= 15 is 0 Å². The standard InChI is InChI=1S/C11H19N3/c1-9-11(8-13-14(9)2)7-10-3-5-12-6-4-10/h8,10,12H,3-7H2,1-2H3. The molecule has 0 bridgehead atoms. The van der Waals surface area contributed by atoms with Crippen LogP contribution < -0.4 is 5.32 Å². The Hall–Kier alpha value is -0.830. The second-order valence-corrected chi connectivity index (χ2v) is 4.28. The first-order chi connectivity index (χ1) is 6.77. The fraction of sp³-hybridized carbons (Fsp3) is 0.727. The van der Waals surface area contributed by atoms with Gasteiger partial charge in [-0.25, -0.2) is 0 Å². The number of nitrogens with one attached hydrogen (secondary N) is 1. The number of piperidine rings is 1. The Bertz CT molecular complexity index is 297. The van der Waals surface area contributed by atoms with Gasteiger partial charge in [-0.2, -0.15) is 5.10 Å². The molecule has 0 radical (unpaired) electrons. The maximum absolute atomic E-state index is 4.28. The van der Waals surface area contributed by atoms with E-state index < -0.39 is 0 Å². The maximum atomic E-state index is 4.28. The van der Waals surface area contributed by atoms with Gasteiger partial charge in [-0.1, -0.05) is 0 Å². The van der Waals surface area contributed by atoms with Gasteiger partial charge in [-0.15, -0.1) is 0 Å². The summed E-state index contributed by atoms with van der Waals surface area (Å²) in [7, 11) is 2.02. The van der Waals surface area contributed by atoms with Crippen molar-refractivity contribution in [2.45, 2.75) is 26.2 Å². The van der Waals surface area contributed by atoms with Crippen LogP contribution in [0.2, 0.25) is 0 Å². The van der Waals surface area contributed by atoms with Crippen LogP contribution in [0.15, 0.2) is 6.20 Å². The van der Waals surface area contributed by atoms with Gasteiger partial charge in [-0.05, 0) is 50.8 Å². The number of hydrogen-bond donors (Lipinski definition) is 1. The normalized spacial score (nSPS) is 18.7. The SMILES string of the molecule is Cc1c(CC2CCNCC2)cnn1C. The third-order valence-electron chi connectivity index (χ3n) is 3.30. The van der Waals surface area contributed by atoms with Crippen molar-refractivity contribution in [1.82, 2.24) is 15.1 Å². The van der Waals surface area contributed by atoms with Crippen molar-refractivity contribution in [2.75, 3.05) is 13.1 Å². The third kappa shape index (κ3) is 1.98. The summed E-state index contributed by atoms with van der Waals surface area (Å²) in [5.74, 6) is 0.860. The first-order valence-electron chi connectivity index (χ1n) is 5.45. The monoisotopic (exact) mass is 193 g/mol. The summed E-state index contributed by atoms with van der Waals surface area (Å²) in [6, 6.07) is 0. The van der Waals surface area contributed by atoms with Gasteiger partial charge >= 0.3 is 0 Å². The molecule has 1 fully saturated rings. The molecular weight excluding hydrogens is 174 g/mol. The molecule has 0 aromatic carbocycles. The highest BCUT2D eigenvalue weighted by molar-refractivity contribution is 5.16. The number of nitrogens with zero attached hydrogens (tertiary/aromatic N) is 2. The van der Waals surface area contributed by atoms with Crippen molar-refractivity contribution >= 4 is 0 Å². The van der Waals surface area contributed by atoms with E-state index in [0.29, 0.717) is 0 Å². The molecule has 3 heteroatoms. The molecule has 78 valence electrons. The summed E-state index contributed by atoms with van der Waals surface area (Å²) in [6.45, 7) is 4.53.